The van der Waals surface area contributed by atoms with Gasteiger partial charge >= 0.3 is 12.1 Å². The fourth-order valence-electron chi connectivity index (χ4n) is 10.7. The number of carbonyl (C=O) groups excluding carboxylic acids is 10. The Morgan fingerprint density at radius 2 is 1.08 bits per heavy atom. The molecule has 1 saturated heterocycles. The Morgan fingerprint density at radius 1 is 0.586 bits per heavy atom. The summed E-state index contributed by atoms with van der Waals surface area (Å²) in [6.45, 7) is 26.2. The first-order valence-corrected chi connectivity index (χ1v) is 30.9. The van der Waals surface area contributed by atoms with Gasteiger partial charge in [0.15, 0.2) is 0 Å². The van der Waals surface area contributed by atoms with Gasteiger partial charge in [-0.1, -0.05) is 120 Å². The van der Waals surface area contributed by atoms with E-state index in [-0.39, 0.29) is 61.8 Å². The third-order valence-corrected chi connectivity index (χ3v) is 15.8. The molecular formula is C63H109N11O13. The molecule has 0 aromatic heterocycles. The van der Waals surface area contributed by atoms with Crippen LogP contribution in [-0.2, 0) is 54.4 Å². The van der Waals surface area contributed by atoms with Crippen LogP contribution in [0.3, 0.4) is 0 Å². The van der Waals surface area contributed by atoms with E-state index in [1.807, 2.05) is 104 Å². The van der Waals surface area contributed by atoms with Crippen molar-refractivity contribution in [3.05, 3.63) is 35.9 Å². The molecule has 1 heterocycles. The second-order valence-electron chi connectivity index (χ2n) is 26.5. The molecule has 0 saturated carbocycles. The van der Waals surface area contributed by atoms with E-state index in [2.05, 4.69) is 26.6 Å². The Kier molecular flexibility index (Phi) is 31.5. The molecule has 7 N–H and O–H groups in total. The molecule has 0 bridgehead atoms. The van der Waals surface area contributed by atoms with Crippen LogP contribution in [0.5, 0.6) is 0 Å². The second kappa shape index (κ2) is 35.7. The number of carbonyl (C=O) groups is 10. The van der Waals surface area contributed by atoms with E-state index in [9.17, 15) is 53.4 Å². The minimum absolute atomic E-state index is 0.0351. The van der Waals surface area contributed by atoms with Gasteiger partial charge in [0, 0.05) is 48.2 Å². The van der Waals surface area contributed by atoms with Crippen LogP contribution in [0.15, 0.2) is 30.3 Å². The summed E-state index contributed by atoms with van der Waals surface area (Å²) in [6, 6.07) is -0.660. The van der Waals surface area contributed by atoms with Crippen LogP contribution < -0.4 is 26.6 Å². The molecule has 9 amide bonds. The third-order valence-electron chi connectivity index (χ3n) is 15.8. The number of ether oxygens (including phenoxy) is 1. The van der Waals surface area contributed by atoms with Crippen molar-refractivity contribution in [3.63, 3.8) is 0 Å². The smallest absolute Gasteiger partial charge is 0.391 e. The molecule has 494 valence electrons. The van der Waals surface area contributed by atoms with Gasteiger partial charge < -0.3 is 55.8 Å². The molecule has 24 nitrogen and oxygen atoms in total. The maximum absolute atomic E-state index is 15.2. The Bertz CT molecular complexity index is 2440. The summed E-state index contributed by atoms with van der Waals surface area (Å²) in [7, 11) is 8.43. The third kappa shape index (κ3) is 23.7. The predicted octanol–water partition coefficient (Wildman–Crippen LogP) is 3.52. The molecule has 1 aromatic carbocycles. The molecule has 0 aliphatic carbocycles. The Balaban J connectivity index is 2.97. The predicted molar refractivity (Wildman–Crippen MR) is 332 cm³/mol. The maximum atomic E-state index is 15.2. The van der Waals surface area contributed by atoms with Crippen molar-refractivity contribution in [2.75, 3.05) is 48.8 Å². The lowest BCUT2D eigenvalue weighted by molar-refractivity contribution is -0.155. The van der Waals surface area contributed by atoms with E-state index in [1.165, 1.54) is 60.9 Å². The fraction of sp³-hybridized carbons (Fsp3) is 0.746. The number of aliphatic hydroxyl groups excluding tert-OH is 2. The molecule has 12 atom stereocenters. The molecule has 1 fully saturated rings. The van der Waals surface area contributed by atoms with E-state index in [4.69, 9.17) is 4.74 Å². The first kappa shape index (κ1) is 76.9. The lowest BCUT2D eigenvalue weighted by Crippen LogP contribution is -2.64. The largest absolute Gasteiger partial charge is 0.417 e. The highest BCUT2D eigenvalue weighted by Gasteiger charge is 2.45. The van der Waals surface area contributed by atoms with Crippen molar-refractivity contribution in [1.29, 1.82) is 0 Å². The lowest BCUT2D eigenvalue weighted by Gasteiger charge is -2.40. The van der Waals surface area contributed by atoms with E-state index in [0.29, 0.717) is 12.8 Å². The Hall–Kier alpha value is -6.24. The van der Waals surface area contributed by atoms with E-state index in [1.54, 1.807) is 20.9 Å². The summed E-state index contributed by atoms with van der Waals surface area (Å²) in [5, 5.41) is 38.2. The molecule has 0 spiro atoms. The summed E-state index contributed by atoms with van der Waals surface area (Å²) < 4.78 is 5.48. The quantitative estimate of drug-likeness (QED) is 0.0818. The zero-order valence-corrected chi connectivity index (χ0v) is 56.0. The summed E-state index contributed by atoms with van der Waals surface area (Å²) in [6.07, 6.45) is -4.91. The lowest BCUT2D eigenvalue weighted by atomic mass is 9.91. The number of amides is 9. The molecular weight excluding hydrogens is 1120 g/mol. The van der Waals surface area contributed by atoms with Crippen molar-refractivity contribution in [2.45, 2.75) is 216 Å². The topological polar surface area (TPSA) is 300 Å². The number of esters is 1. The average Bonchev–Trinajstić information content (AvgIpc) is 1.81. The normalized spacial score (nSPS) is 25.6. The number of likely N-dealkylation sites (N-methyl/N-ethyl adjacent to an activating group) is 5. The van der Waals surface area contributed by atoms with E-state index < -0.39 is 145 Å². The SMILES string of the molecule is CC(C)C[C@@H]1C(=O)N[C@H](CC(C)C)C(=O)N(C)C(C(C)C)C(=O)N(C)C([C@H](O)[C@H](C)CC(=O)NCc2ccccc2)C(=O)NC([C@@H](C)O)C(=O)N(C)CC(=O)N(C)[C@@H](CC(C)C)C(=O)N[C@H](CC(C)C)N(C)[C@H](CC(C)C)N[C@H](C)C(=O)OC(=O)N1C. The number of hydrogen-bond acceptors (Lipinski definition) is 15. The van der Waals surface area contributed by atoms with Crippen molar-refractivity contribution in [2.24, 2.45) is 41.4 Å². The molecule has 0 radical (unpaired) electrons. The number of aliphatic hydroxyl groups is 2. The van der Waals surface area contributed by atoms with Gasteiger partial charge in [0.2, 0.25) is 47.3 Å². The number of benzene rings is 1. The van der Waals surface area contributed by atoms with Crippen LogP contribution in [0.25, 0.3) is 0 Å². The minimum atomic E-state index is -1.88. The number of cyclic esters (lactones) is 2. The molecule has 87 heavy (non-hydrogen) atoms. The first-order chi connectivity index (χ1) is 40.3. The number of nitrogens with zero attached hydrogens (tertiary/aromatic N) is 6. The summed E-state index contributed by atoms with van der Waals surface area (Å²) in [4.78, 5) is 152. The highest BCUT2D eigenvalue weighted by atomic mass is 16.6. The molecule has 1 aliphatic rings. The van der Waals surface area contributed by atoms with Crippen LogP contribution in [0.2, 0.25) is 0 Å². The molecule has 1 aromatic rings. The van der Waals surface area contributed by atoms with Gasteiger partial charge in [0.05, 0.1) is 31.1 Å². The highest BCUT2D eigenvalue weighted by Crippen LogP contribution is 2.24. The monoisotopic (exact) mass is 1230 g/mol. The standard InChI is InChI=1S/C63H109N11O13/c1-35(2)27-45-59(82)73(20)53(40(11)12)61(84)74(21)54(55(78)41(13)32-50(76)64-33-44-25-23-22-24-26-44)58(81)68-52(43(15)75)60(83)69(16)34-51(77)70(17)46(28-36(3)4)57(80)67-49(31-39(9)10)72(19)48(30-38(7)8)65-42(14)62(85)87-63(86)71(18)47(29-37(5)6)56(79)66-45/h22-26,35-43,45-49,52-55,65,75,78H,27-34H2,1-21H3,(H,64,76)(H,66,79)(H,67,80)(H,68,81)/t41-,42-,43-,45-,46+,47-,48-,49+,52?,53?,54?,55-/m1/s1. The van der Waals surface area contributed by atoms with Crippen molar-refractivity contribution < 1.29 is 62.9 Å². The van der Waals surface area contributed by atoms with Crippen molar-refractivity contribution in [3.8, 4) is 0 Å². The van der Waals surface area contributed by atoms with Crippen LogP contribution in [0.1, 0.15) is 148 Å². The molecule has 1 aliphatic heterocycles. The zero-order valence-electron chi connectivity index (χ0n) is 56.0. The van der Waals surface area contributed by atoms with Gasteiger partial charge in [-0.2, -0.15) is 0 Å². The van der Waals surface area contributed by atoms with Gasteiger partial charge in [0.1, 0.15) is 42.3 Å². The van der Waals surface area contributed by atoms with Gasteiger partial charge in [-0.3, -0.25) is 53.5 Å². The Labute approximate surface area is 518 Å². The zero-order chi connectivity index (χ0) is 66.6. The van der Waals surface area contributed by atoms with E-state index in [0.717, 1.165) is 25.2 Å². The summed E-state index contributed by atoms with van der Waals surface area (Å²) in [5.41, 5.74) is 0.802. The summed E-state index contributed by atoms with van der Waals surface area (Å²) >= 11 is 0. The van der Waals surface area contributed by atoms with Gasteiger partial charge in [-0.25, -0.2) is 9.59 Å². The molecule has 24 heteroatoms. The molecule has 3 unspecified atom stereocenters. The van der Waals surface area contributed by atoms with Gasteiger partial charge in [0.25, 0.3) is 0 Å². The number of nitrogens with one attached hydrogen (secondary N) is 5. The minimum Gasteiger partial charge on any atom is -0.391 e. The van der Waals surface area contributed by atoms with E-state index >= 15 is 4.79 Å². The summed E-state index contributed by atoms with van der Waals surface area (Å²) in [5.74, 6) is -9.10. The Morgan fingerprint density at radius 3 is 1.59 bits per heavy atom. The van der Waals surface area contributed by atoms with Crippen molar-refractivity contribution >= 4 is 59.3 Å². The molecule has 2 rings (SSSR count). The van der Waals surface area contributed by atoms with Crippen LogP contribution >= 0.6 is 0 Å². The van der Waals surface area contributed by atoms with Crippen LogP contribution in [-0.4, -0.2) is 215 Å². The van der Waals surface area contributed by atoms with Gasteiger partial charge in [-0.15, -0.1) is 0 Å². The first-order valence-electron chi connectivity index (χ1n) is 30.9. The average molecular weight is 1230 g/mol. The van der Waals surface area contributed by atoms with Crippen LogP contribution in [0.4, 0.5) is 4.79 Å². The second-order valence-corrected chi connectivity index (χ2v) is 26.5. The number of rotatable bonds is 18. The maximum Gasteiger partial charge on any atom is 0.417 e. The highest BCUT2D eigenvalue weighted by molar-refractivity contribution is 5.98. The van der Waals surface area contributed by atoms with Gasteiger partial charge in [-0.05, 0) is 100.0 Å². The number of hydrogen-bond donors (Lipinski definition) is 7. The van der Waals surface area contributed by atoms with Crippen molar-refractivity contribution in [1.82, 2.24) is 56.0 Å². The fourth-order valence-corrected chi connectivity index (χ4v) is 10.7. The van der Waals surface area contributed by atoms with Crippen LogP contribution in [0, 0.1) is 41.4 Å².